The first-order valence-electron chi connectivity index (χ1n) is 7.69. The first kappa shape index (κ1) is 18.6. The lowest BCUT2D eigenvalue weighted by molar-refractivity contribution is 0.251. The lowest BCUT2D eigenvalue weighted by Crippen LogP contribution is -2.12. The average molecular weight is 424 g/mol. The van der Waals surface area contributed by atoms with Crippen LogP contribution in [0.1, 0.15) is 17.2 Å². The summed E-state index contributed by atoms with van der Waals surface area (Å²) < 4.78 is 65.5. The van der Waals surface area contributed by atoms with E-state index in [9.17, 15) is 36.2 Å². The molecule has 1 atom stereocenters. The molecule has 0 spiro atoms. The van der Waals surface area contributed by atoms with Crippen LogP contribution in [0.5, 0.6) is 5.88 Å². The zero-order chi connectivity index (χ0) is 20.4. The Balaban J connectivity index is 2.10. The first-order valence-corrected chi connectivity index (χ1v) is 10.5. The molecule has 2 aromatic carbocycles. The van der Waals surface area contributed by atoms with Gasteiger partial charge in [0.2, 0.25) is 5.88 Å². The smallest absolute Gasteiger partial charge is 0.366 e. The number of aliphatic hydroxyl groups excluding tert-OH is 1. The summed E-state index contributed by atoms with van der Waals surface area (Å²) in [5.41, 5.74) is 0.0762. The van der Waals surface area contributed by atoms with E-state index in [-0.39, 0.29) is 26.2 Å². The number of nitrogens with zero attached hydrogens (tertiary/aromatic N) is 2. The Hall–Kier alpha value is -2.77. The van der Waals surface area contributed by atoms with Crippen LogP contribution in [0.2, 0.25) is 0 Å². The third-order valence-electron chi connectivity index (χ3n) is 4.39. The van der Waals surface area contributed by atoms with E-state index in [2.05, 4.69) is 4.99 Å². The van der Waals surface area contributed by atoms with E-state index in [0.717, 1.165) is 18.2 Å². The number of benzene rings is 2. The molecule has 0 saturated carbocycles. The molecule has 1 aliphatic heterocycles. The fraction of sp³-hybridized carbons (Fsp3) is 0.0625. The van der Waals surface area contributed by atoms with Crippen LogP contribution in [0.25, 0.3) is 10.9 Å². The van der Waals surface area contributed by atoms with Crippen molar-refractivity contribution in [3.05, 3.63) is 53.6 Å². The number of aliphatic hydroxyl groups is 1. The fourth-order valence-corrected chi connectivity index (χ4v) is 4.45. The van der Waals surface area contributed by atoms with Gasteiger partial charge in [-0.05, 0) is 24.3 Å². The van der Waals surface area contributed by atoms with Crippen LogP contribution in [0.15, 0.2) is 52.4 Å². The second-order valence-electron chi connectivity index (χ2n) is 6.05. The van der Waals surface area contributed by atoms with Crippen molar-refractivity contribution >= 4 is 42.7 Å². The highest BCUT2D eigenvalue weighted by molar-refractivity contribution is 7.86. The van der Waals surface area contributed by atoms with E-state index >= 15 is 0 Å². The third-order valence-corrected chi connectivity index (χ3v) is 6.07. The molecule has 0 radical (unpaired) electrons. The molecule has 0 bridgehead atoms. The molecule has 146 valence electrons. The zero-order valence-electron chi connectivity index (χ0n) is 13.8. The van der Waals surface area contributed by atoms with Crippen molar-refractivity contribution in [1.29, 1.82) is 0 Å². The molecule has 0 amide bonds. The molecule has 4 N–H and O–H groups in total. The Morgan fingerprint density at radius 2 is 1.68 bits per heavy atom. The summed E-state index contributed by atoms with van der Waals surface area (Å²) in [6.45, 7) is 0. The maximum Gasteiger partial charge on any atom is 0.366 e. The van der Waals surface area contributed by atoms with Gasteiger partial charge in [0.25, 0.3) is 10.1 Å². The fourth-order valence-electron chi connectivity index (χ4n) is 3.23. The van der Waals surface area contributed by atoms with Gasteiger partial charge in [0, 0.05) is 10.9 Å². The van der Waals surface area contributed by atoms with E-state index in [4.69, 9.17) is 0 Å². The molecule has 0 aliphatic carbocycles. The van der Waals surface area contributed by atoms with Crippen LogP contribution < -0.4 is 0 Å². The highest BCUT2D eigenvalue weighted by Gasteiger charge is 2.34. The first-order chi connectivity index (χ1) is 13.0. The van der Waals surface area contributed by atoms with Gasteiger partial charge in [-0.3, -0.25) is 9.11 Å². The molecule has 12 heteroatoms. The van der Waals surface area contributed by atoms with Gasteiger partial charge in [0.15, 0.2) is 0 Å². The van der Waals surface area contributed by atoms with E-state index < -0.39 is 37.3 Å². The lowest BCUT2D eigenvalue weighted by Gasteiger charge is -2.08. The Morgan fingerprint density at radius 3 is 2.29 bits per heavy atom. The second kappa shape index (κ2) is 5.86. The number of aromatic nitrogens is 1. The SMILES string of the molecule is O=S(=O)(O)c1ccc2c(c1)c(C1=Nc3ccccc3C1O)c(O)n2S(=O)(=O)O. The van der Waals surface area contributed by atoms with Gasteiger partial charge in [0.1, 0.15) is 6.10 Å². The third kappa shape index (κ3) is 2.70. The number of fused-ring (bicyclic) bond motifs is 2. The van der Waals surface area contributed by atoms with Crippen molar-refractivity contribution in [2.24, 2.45) is 4.99 Å². The Kier molecular flexibility index (Phi) is 3.89. The summed E-state index contributed by atoms with van der Waals surface area (Å²) >= 11 is 0. The van der Waals surface area contributed by atoms with Crippen LogP contribution in [0.4, 0.5) is 5.69 Å². The summed E-state index contributed by atoms with van der Waals surface area (Å²) in [7, 11) is -9.63. The van der Waals surface area contributed by atoms with Gasteiger partial charge in [-0.25, -0.2) is 4.99 Å². The largest absolute Gasteiger partial charge is 0.493 e. The molecule has 1 unspecified atom stereocenters. The molecule has 10 nitrogen and oxygen atoms in total. The van der Waals surface area contributed by atoms with E-state index in [1.54, 1.807) is 24.3 Å². The van der Waals surface area contributed by atoms with E-state index in [1.165, 1.54) is 0 Å². The number of hydrogen-bond donors (Lipinski definition) is 4. The maximum absolute atomic E-state index is 11.8. The number of hydrogen-bond acceptors (Lipinski definition) is 7. The van der Waals surface area contributed by atoms with Crippen molar-refractivity contribution in [2.75, 3.05) is 0 Å². The van der Waals surface area contributed by atoms with Crippen molar-refractivity contribution in [3.63, 3.8) is 0 Å². The highest BCUT2D eigenvalue weighted by atomic mass is 32.2. The number of aliphatic imine (C=N–C) groups is 1. The number of aromatic hydroxyl groups is 1. The Labute approximate surface area is 158 Å². The minimum Gasteiger partial charge on any atom is -0.493 e. The predicted molar refractivity (Wildman–Crippen MR) is 98.0 cm³/mol. The zero-order valence-corrected chi connectivity index (χ0v) is 15.4. The molecule has 28 heavy (non-hydrogen) atoms. The quantitative estimate of drug-likeness (QED) is 0.458. The van der Waals surface area contributed by atoms with E-state index in [0.29, 0.717) is 11.3 Å². The maximum atomic E-state index is 11.8. The van der Waals surface area contributed by atoms with Crippen molar-refractivity contribution in [2.45, 2.75) is 11.0 Å². The Morgan fingerprint density at radius 1 is 1.00 bits per heavy atom. The molecule has 0 saturated heterocycles. The predicted octanol–water partition coefficient (Wildman–Crippen LogP) is 1.41. The van der Waals surface area contributed by atoms with Crippen molar-refractivity contribution < 1.29 is 36.2 Å². The van der Waals surface area contributed by atoms with Gasteiger partial charge in [-0.15, -0.1) is 0 Å². The lowest BCUT2D eigenvalue weighted by atomic mass is 10.0. The van der Waals surface area contributed by atoms with Crippen LogP contribution in [-0.2, 0) is 20.4 Å². The topological polar surface area (TPSA) is 166 Å². The molecule has 3 aromatic rings. The number of para-hydroxylation sites is 1. The number of rotatable bonds is 3. The molecule has 1 aromatic heterocycles. The minimum absolute atomic E-state index is 0.140. The van der Waals surface area contributed by atoms with Crippen LogP contribution >= 0.6 is 0 Å². The highest BCUT2D eigenvalue weighted by Crippen LogP contribution is 2.42. The Bertz CT molecular complexity index is 1390. The molecular weight excluding hydrogens is 412 g/mol. The molecule has 1 aliphatic rings. The monoisotopic (exact) mass is 424 g/mol. The molecule has 2 heterocycles. The van der Waals surface area contributed by atoms with E-state index in [1.807, 2.05) is 0 Å². The van der Waals surface area contributed by atoms with Gasteiger partial charge in [0.05, 0.1) is 27.4 Å². The van der Waals surface area contributed by atoms with Crippen molar-refractivity contribution in [3.8, 4) is 5.88 Å². The van der Waals surface area contributed by atoms with Crippen molar-refractivity contribution in [1.82, 2.24) is 3.97 Å². The summed E-state index contributed by atoms with van der Waals surface area (Å²) in [5.74, 6) is -0.962. The molecular formula is C16H12N2O8S2. The van der Waals surface area contributed by atoms with Gasteiger partial charge < -0.3 is 10.2 Å². The summed E-state index contributed by atoms with van der Waals surface area (Å²) in [6, 6.07) is 9.30. The minimum atomic E-state index is -4.98. The van der Waals surface area contributed by atoms with Crippen LogP contribution in [0, 0.1) is 0 Å². The van der Waals surface area contributed by atoms with Crippen LogP contribution in [0.3, 0.4) is 0 Å². The standard InChI is InChI=1S/C16H12N2O8S2/c19-15-9-3-1-2-4-11(9)17-14(15)13-10-7-8(27(21,22)23)5-6-12(10)18(16(13)20)28(24,25)26/h1-7,15,19-20H,(H,21,22,23)(H,24,25,26). The molecule has 0 fully saturated rings. The normalized spacial score (nSPS) is 17.0. The van der Waals surface area contributed by atoms with Crippen LogP contribution in [-0.4, -0.2) is 45.8 Å². The summed E-state index contributed by atoms with van der Waals surface area (Å²) in [6.07, 6.45) is -1.34. The summed E-state index contributed by atoms with van der Waals surface area (Å²) in [4.78, 5) is 3.64. The molecule has 4 rings (SSSR count). The van der Waals surface area contributed by atoms with Gasteiger partial charge in [-0.1, -0.05) is 18.2 Å². The average Bonchev–Trinajstić information content (AvgIpc) is 3.07. The van der Waals surface area contributed by atoms with Gasteiger partial charge in [-0.2, -0.15) is 20.8 Å². The second-order valence-corrected chi connectivity index (χ2v) is 8.74. The summed E-state index contributed by atoms with van der Waals surface area (Å²) in [5, 5.41) is 21.0. The van der Waals surface area contributed by atoms with Gasteiger partial charge >= 0.3 is 10.3 Å².